The molecule has 2 heterocycles. The van der Waals surface area contributed by atoms with Crippen molar-refractivity contribution in [1.29, 1.82) is 0 Å². The van der Waals surface area contributed by atoms with E-state index in [9.17, 15) is 19.2 Å². The van der Waals surface area contributed by atoms with Crippen molar-refractivity contribution in [3.63, 3.8) is 0 Å². The maximum Gasteiger partial charge on any atom is 0.330 e. The molecule has 0 saturated carbocycles. The summed E-state index contributed by atoms with van der Waals surface area (Å²) in [7, 11) is 2.90. The first kappa shape index (κ1) is 15.7. The van der Waals surface area contributed by atoms with Crippen molar-refractivity contribution >= 4 is 17.9 Å². The quantitative estimate of drug-likeness (QED) is 0.681. The molecule has 2 amide bonds. The minimum atomic E-state index is -0.469. The van der Waals surface area contributed by atoms with Crippen molar-refractivity contribution < 1.29 is 9.59 Å². The molecule has 1 atom stereocenters. The molecular weight excluding hydrogens is 288 g/mol. The Morgan fingerprint density at radius 1 is 1.32 bits per heavy atom. The van der Waals surface area contributed by atoms with Crippen molar-refractivity contribution in [3.05, 3.63) is 38.7 Å². The van der Waals surface area contributed by atoms with Gasteiger partial charge in [0.15, 0.2) is 0 Å². The van der Waals surface area contributed by atoms with Gasteiger partial charge in [-0.25, -0.2) is 4.79 Å². The van der Waals surface area contributed by atoms with Crippen LogP contribution >= 0.6 is 0 Å². The zero-order valence-corrected chi connectivity index (χ0v) is 12.5. The van der Waals surface area contributed by atoms with E-state index in [0.29, 0.717) is 19.5 Å². The van der Waals surface area contributed by atoms with Crippen LogP contribution in [0.15, 0.2) is 21.9 Å². The number of rotatable bonds is 3. The third-order valence-corrected chi connectivity index (χ3v) is 3.78. The maximum absolute atomic E-state index is 12.0. The third-order valence-electron chi connectivity index (χ3n) is 3.78. The predicted molar refractivity (Wildman–Crippen MR) is 79.8 cm³/mol. The third kappa shape index (κ3) is 3.00. The molecule has 1 aliphatic heterocycles. The Labute approximate surface area is 126 Å². The second-order valence-corrected chi connectivity index (χ2v) is 5.35. The van der Waals surface area contributed by atoms with Crippen LogP contribution < -0.4 is 17.0 Å². The summed E-state index contributed by atoms with van der Waals surface area (Å²) in [6.07, 6.45) is 4.58. The summed E-state index contributed by atoms with van der Waals surface area (Å²) in [6.45, 7) is 0.756. The lowest BCUT2D eigenvalue weighted by Gasteiger charge is -2.13. The van der Waals surface area contributed by atoms with E-state index < -0.39 is 17.2 Å². The minimum Gasteiger partial charge on any atom is -0.369 e. The summed E-state index contributed by atoms with van der Waals surface area (Å²) < 4.78 is 2.24. The van der Waals surface area contributed by atoms with Crippen molar-refractivity contribution in [2.45, 2.75) is 6.42 Å². The van der Waals surface area contributed by atoms with Crippen LogP contribution in [0.4, 0.5) is 0 Å². The highest BCUT2D eigenvalue weighted by Crippen LogP contribution is 2.16. The number of likely N-dealkylation sites (tertiary alicyclic amines) is 1. The molecule has 8 heteroatoms. The molecule has 0 aliphatic carbocycles. The Morgan fingerprint density at radius 2 is 2.00 bits per heavy atom. The Bertz CT molecular complexity index is 759. The summed E-state index contributed by atoms with van der Waals surface area (Å²) in [5.74, 6) is -1.02. The Balaban J connectivity index is 2.16. The number of carbonyl (C=O) groups excluding carboxylic acids is 2. The van der Waals surface area contributed by atoms with E-state index in [2.05, 4.69) is 0 Å². The molecule has 22 heavy (non-hydrogen) atoms. The average molecular weight is 306 g/mol. The number of nitrogens with zero attached hydrogens (tertiary/aromatic N) is 3. The Morgan fingerprint density at radius 3 is 2.59 bits per heavy atom. The standard InChI is InChI=1S/C14H18N4O4/c1-16-7-10(13(21)17(2)14(16)22)3-4-11(19)18-6-5-9(8-18)12(15)20/h3-4,7,9H,5-6,8H2,1-2H3,(H2,15,20)/b4-3-/t9-/m0/s1. The molecule has 1 aromatic rings. The molecule has 8 nitrogen and oxygen atoms in total. The van der Waals surface area contributed by atoms with Gasteiger partial charge >= 0.3 is 5.69 Å². The highest BCUT2D eigenvalue weighted by Gasteiger charge is 2.28. The molecule has 0 unspecified atom stereocenters. The van der Waals surface area contributed by atoms with Gasteiger partial charge in [-0.15, -0.1) is 0 Å². The lowest BCUT2D eigenvalue weighted by Crippen LogP contribution is -2.37. The van der Waals surface area contributed by atoms with Gasteiger partial charge in [-0.05, 0) is 12.5 Å². The number of hydrogen-bond acceptors (Lipinski definition) is 4. The van der Waals surface area contributed by atoms with E-state index in [1.54, 1.807) is 0 Å². The first-order chi connectivity index (χ1) is 10.3. The first-order valence-corrected chi connectivity index (χ1v) is 6.84. The number of amides is 2. The molecule has 2 rings (SSSR count). The van der Waals surface area contributed by atoms with Crippen LogP contribution in [0.1, 0.15) is 12.0 Å². The van der Waals surface area contributed by atoms with Crippen LogP contribution in [-0.2, 0) is 23.7 Å². The van der Waals surface area contributed by atoms with Gasteiger partial charge in [0.1, 0.15) is 0 Å². The van der Waals surface area contributed by atoms with E-state index in [0.717, 1.165) is 4.57 Å². The lowest BCUT2D eigenvalue weighted by molar-refractivity contribution is -0.125. The van der Waals surface area contributed by atoms with Crippen LogP contribution in [0.2, 0.25) is 0 Å². The largest absolute Gasteiger partial charge is 0.369 e. The molecule has 1 aromatic heterocycles. The maximum atomic E-state index is 12.0. The lowest BCUT2D eigenvalue weighted by atomic mass is 10.1. The summed E-state index contributed by atoms with van der Waals surface area (Å²) in [6, 6.07) is 0. The molecule has 0 aromatic carbocycles. The number of nitrogens with two attached hydrogens (primary N) is 1. The van der Waals surface area contributed by atoms with Gasteiger partial charge in [0.2, 0.25) is 11.8 Å². The van der Waals surface area contributed by atoms with Crippen molar-refractivity contribution in [1.82, 2.24) is 14.0 Å². The van der Waals surface area contributed by atoms with Crippen LogP contribution in [0, 0.1) is 5.92 Å². The normalized spacial score (nSPS) is 18.1. The highest BCUT2D eigenvalue weighted by atomic mass is 16.2. The molecule has 118 valence electrons. The van der Waals surface area contributed by atoms with Gasteiger partial charge in [0.05, 0.1) is 11.5 Å². The van der Waals surface area contributed by atoms with Crippen LogP contribution in [0.25, 0.3) is 6.08 Å². The zero-order chi connectivity index (χ0) is 16.4. The first-order valence-electron chi connectivity index (χ1n) is 6.84. The number of aryl methyl sites for hydroxylation is 1. The fraction of sp³-hybridized carbons (Fsp3) is 0.429. The molecular formula is C14H18N4O4. The smallest absolute Gasteiger partial charge is 0.330 e. The topological polar surface area (TPSA) is 107 Å². The van der Waals surface area contributed by atoms with Gasteiger partial charge < -0.3 is 15.2 Å². The van der Waals surface area contributed by atoms with E-state index in [-0.39, 0.29) is 17.4 Å². The van der Waals surface area contributed by atoms with Gasteiger partial charge in [0, 0.05) is 39.5 Å². The van der Waals surface area contributed by atoms with Gasteiger partial charge in [-0.2, -0.15) is 0 Å². The molecule has 0 spiro atoms. The van der Waals surface area contributed by atoms with E-state index in [4.69, 9.17) is 5.73 Å². The van der Waals surface area contributed by atoms with Crippen molar-refractivity contribution in [3.8, 4) is 0 Å². The SMILES string of the molecule is Cn1cc(/C=C\C(=O)N2CC[C@H](C(N)=O)C2)c(=O)n(C)c1=O. The summed E-state index contributed by atoms with van der Waals surface area (Å²) in [4.78, 5) is 48.1. The molecule has 2 N–H and O–H groups in total. The van der Waals surface area contributed by atoms with Gasteiger partial charge in [-0.1, -0.05) is 0 Å². The molecule has 0 bridgehead atoms. The van der Waals surface area contributed by atoms with Crippen LogP contribution in [0.3, 0.4) is 0 Å². The fourth-order valence-corrected chi connectivity index (χ4v) is 2.41. The van der Waals surface area contributed by atoms with E-state index >= 15 is 0 Å². The molecule has 0 radical (unpaired) electrons. The average Bonchev–Trinajstić information content (AvgIpc) is 2.97. The van der Waals surface area contributed by atoms with Crippen molar-refractivity contribution in [2.24, 2.45) is 25.7 Å². The van der Waals surface area contributed by atoms with Gasteiger partial charge in [0.25, 0.3) is 5.56 Å². The molecule has 1 aliphatic rings. The highest BCUT2D eigenvalue weighted by molar-refractivity contribution is 5.92. The number of aromatic nitrogens is 2. The number of hydrogen-bond donors (Lipinski definition) is 1. The summed E-state index contributed by atoms with van der Waals surface area (Å²) >= 11 is 0. The predicted octanol–water partition coefficient (Wildman–Crippen LogP) is -1.57. The summed E-state index contributed by atoms with van der Waals surface area (Å²) in [5.41, 5.74) is 4.56. The fourth-order valence-electron chi connectivity index (χ4n) is 2.41. The minimum absolute atomic E-state index is 0.239. The second kappa shape index (κ2) is 6.00. The molecule has 1 saturated heterocycles. The second-order valence-electron chi connectivity index (χ2n) is 5.35. The number of primary amides is 1. The Kier molecular flexibility index (Phi) is 4.30. The summed E-state index contributed by atoms with van der Waals surface area (Å²) in [5, 5.41) is 0. The monoisotopic (exact) mass is 306 g/mol. The van der Waals surface area contributed by atoms with E-state index in [1.807, 2.05) is 0 Å². The van der Waals surface area contributed by atoms with Gasteiger partial charge in [-0.3, -0.25) is 19.0 Å². The Hall–Kier alpha value is -2.64. The van der Waals surface area contributed by atoms with E-state index in [1.165, 1.54) is 41.9 Å². The van der Waals surface area contributed by atoms with Crippen LogP contribution in [-0.4, -0.2) is 38.9 Å². The number of carbonyl (C=O) groups is 2. The van der Waals surface area contributed by atoms with Crippen molar-refractivity contribution in [2.75, 3.05) is 13.1 Å². The molecule has 1 fully saturated rings. The zero-order valence-electron chi connectivity index (χ0n) is 12.5. The van der Waals surface area contributed by atoms with Crippen LogP contribution in [0.5, 0.6) is 0 Å².